The second kappa shape index (κ2) is 10.9. The van der Waals surface area contributed by atoms with Crippen LogP contribution in [0.2, 0.25) is 0 Å². The van der Waals surface area contributed by atoms with Crippen LogP contribution in [-0.2, 0) is 14.8 Å². The highest BCUT2D eigenvalue weighted by Crippen LogP contribution is 2.30. The first-order valence-corrected chi connectivity index (χ1v) is 11.9. The molecule has 0 spiro atoms. The molecule has 10 nitrogen and oxygen atoms in total. The summed E-state index contributed by atoms with van der Waals surface area (Å²) in [7, 11) is -1.20. The predicted molar refractivity (Wildman–Crippen MR) is 130 cm³/mol. The lowest BCUT2D eigenvalue weighted by molar-refractivity contribution is -0.384. The molecule has 0 heterocycles. The number of nitro benzene ring substituents is 1. The van der Waals surface area contributed by atoms with Gasteiger partial charge in [0.2, 0.25) is 5.91 Å². The van der Waals surface area contributed by atoms with Crippen LogP contribution in [-0.4, -0.2) is 40.0 Å². The van der Waals surface area contributed by atoms with E-state index in [9.17, 15) is 23.3 Å². The Hall–Kier alpha value is -4.12. The number of hydrogen-bond donors (Lipinski definition) is 1. The summed E-state index contributed by atoms with van der Waals surface area (Å²) >= 11 is 0. The molecule has 35 heavy (non-hydrogen) atoms. The third-order valence-electron chi connectivity index (χ3n) is 5.23. The molecule has 0 radical (unpaired) electrons. The minimum Gasteiger partial charge on any atom is -0.497 e. The first kappa shape index (κ1) is 25.5. The highest BCUT2D eigenvalue weighted by atomic mass is 32.2. The maximum Gasteiger partial charge on any atom is 0.271 e. The number of sulfonamides is 1. The van der Waals surface area contributed by atoms with Gasteiger partial charge in [-0.3, -0.25) is 19.2 Å². The summed E-state index contributed by atoms with van der Waals surface area (Å²) in [6, 6.07) is 17.2. The standard InChI is InChI=1S/C24H25N3O7S/c1-17(22-15-20(33-2)12-13-23(22)34-3)25-24(28)16-26(18-8-7-9-19(14-18)27(29)30)35(31,32)21-10-5-4-6-11-21/h4-15,17H,16H2,1-3H3,(H,25,28)/t17-/m0/s1. The fourth-order valence-electron chi connectivity index (χ4n) is 3.47. The fourth-order valence-corrected chi connectivity index (χ4v) is 4.90. The third-order valence-corrected chi connectivity index (χ3v) is 7.02. The molecule has 1 atom stereocenters. The summed E-state index contributed by atoms with van der Waals surface area (Å²) in [5.41, 5.74) is 0.323. The van der Waals surface area contributed by atoms with Crippen LogP contribution in [0.5, 0.6) is 11.5 Å². The van der Waals surface area contributed by atoms with Gasteiger partial charge in [0, 0.05) is 17.7 Å². The van der Waals surface area contributed by atoms with Gasteiger partial charge in [-0.25, -0.2) is 8.42 Å². The van der Waals surface area contributed by atoms with Gasteiger partial charge in [0.1, 0.15) is 18.0 Å². The molecule has 1 amide bonds. The second-order valence-corrected chi connectivity index (χ2v) is 9.36. The summed E-state index contributed by atoms with van der Waals surface area (Å²) < 4.78 is 38.3. The van der Waals surface area contributed by atoms with Gasteiger partial charge < -0.3 is 14.8 Å². The van der Waals surface area contributed by atoms with Crippen LogP contribution in [0.3, 0.4) is 0 Å². The number of nitrogens with zero attached hydrogens (tertiary/aromatic N) is 2. The van der Waals surface area contributed by atoms with Crippen molar-refractivity contribution >= 4 is 27.3 Å². The maximum absolute atomic E-state index is 13.4. The van der Waals surface area contributed by atoms with Crippen molar-refractivity contribution < 1.29 is 27.6 Å². The molecular weight excluding hydrogens is 474 g/mol. The molecule has 3 rings (SSSR count). The Morgan fingerprint density at radius 3 is 2.37 bits per heavy atom. The van der Waals surface area contributed by atoms with Crippen LogP contribution >= 0.6 is 0 Å². The van der Waals surface area contributed by atoms with E-state index in [1.54, 1.807) is 43.3 Å². The van der Waals surface area contributed by atoms with E-state index in [-0.39, 0.29) is 16.3 Å². The van der Waals surface area contributed by atoms with Crippen molar-refractivity contribution in [1.29, 1.82) is 0 Å². The molecule has 0 saturated heterocycles. The Morgan fingerprint density at radius 2 is 1.74 bits per heavy atom. The van der Waals surface area contributed by atoms with E-state index in [1.807, 2.05) is 0 Å². The highest BCUT2D eigenvalue weighted by Gasteiger charge is 2.29. The first-order valence-electron chi connectivity index (χ1n) is 10.5. The van der Waals surface area contributed by atoms with E-state index in [2.05, 4.69) is 5.32 Å². The molecule has 0 fully saturated rings. The van der Waals surface area contributed by atoms with Gasteiger partial charge in [-0.2, -0.15) is 0 Å². The van der Waals surface area contributed by atoms with Crippen molar-refractivity contribution in [1.82, 2.24) is 5.32 Å². The summed E-state index contributed by atoms with van der Waals surface area (Å²) in [6.45, 7) is 1.12. The van der Waals surface area contributed by atoms with Gasteiger partial charge in [0.05, 0.1) is 35.8 Å². The van der Waals surface area contributed by atoms with Crippen molar-refractivity contribution in [2.24, 2.45) is 0 Å². The number of carbonyl (C=O) groups is 1. The summed E-state index contributed by atoms with van der Waals surface area (Å²) in [4.78, 5) is 23.6. The Bertz CT molecular complexity index is 1310. The molecule has 0 bridgehead atoms. The molecule has 3 aromatic rings. The molecule has 11 heteroatoms. The average molecular weight is 500 g/mol. The number of nitrogens with one attached hydrogen (secondary N) is 1. The fraction of sp³-hybridized carbons (Fsp3) is 0.208. The van der Waals surface area contributed by atoms with Crippen LogP contribution in [0, 0.1) is 10.1 Å². The van der Waals surface area contributed by atoms with E-state index in [0.29, 0.717) is 17.1 Å². The number of carbonyl (C=O) groups excluding carboxylic acids is 1. The smallest absolute Gasteiger partial charge is 0.271 e. The van der Waals surface area contributed by atoms with Crippen LogP contribution in [0.1, 0.15) is 18.5 Å². The summed E-state index contributed by atoms with van der Waals surface area (Å²) in [5.74, 6) is 0.464. The number of amides is 1. The van der Waals surface area contributed by atoms with Crippen molar-refractivity contribution in [2.75, 3.05) is 25.1 Å². The number of nitro groups is 1. The van der Waals surface area contributed by atoms with Crippen molar-refractivity contribution in [3.8, 4) is 11.5 Å². The van der Waals surface area contributed by atoms with Crippen LogP contribution < -0.4 is 19.1 Å². The molecule has 0 aliphatic rings. The van der Waals surface area contributed by atoms with Gasteiger partial charge in [0.25, 0.3) is 15.7 Å². The Morgan fingerprint density at radius 1 is 1.03 bits per heavy atom. The quantitative estimate of drug-likeness (QED) is 0.333. The zero-order valence-corrected chi connectivity index (χ0v) is 20.2. The van der Waals surface area contributed by atoms with Crippen molar-refractivity contribution in [2.45, 2.75) is 17.9 Å². The van der Waals surface area contributed by atoms with Crippen LogP contribution in [0.25, 0.3) is 0 Å². The number of anilines is 1. The lowest BCUT2D eigenvalue weighted by Gasteiger charge is -2.25. The Kier molecular flexibility index (Phi) is 7.92. The van der Waals surface area contributed by atoms with Crippen molar-refractivity contribution in [3.63, 3.8) is 0 Å². The van der Waals surface area contributed by atoms with Gasteiger partial charge in [-0.15, -0.1) is 0 Å². The number of rotatable bonds is 10. The molecule has 184 valence electrons. The van der Waals surface area contributed by atoms with E-state index in [1.165, 1.54) is 44.6 Å². The lowest BCUT2D eigenvalue weighted by atomic mass is 10.1. The largest absolute Gasteiger partial charge is 0.497 e. The molecule has 1 N–H and O–H groups in total. The molecule has 0 aromatic heterocycles. The second-order valence-electron chi connectivity index (χ2n) is 7.50. The minimum atomic E-state index is -4.21. The monoisotopic (exact) mass is 499 g/mol. The molecular formula is C24H25N3O7S. The van der Waals surface area contributed by atoms with Crippen LogP contribution in [0.4, 0.5) is 11.4 Å². The molecule has 0 aliphatic carbocycles. The van der Waals surface area contributed by atoms with Gasteiger partial charge >= 0.3 is 0 Å². The normalized spacial score (nSPS) is 11.9. The van der Waals surface area contributed by atoms with Gasteiger partial charge in [0.15, 0.2) is 0 Å². The van der Waals surface area contributed by atoms with E-state index in [4.69, 9.17) is 9.47 Å². The highest BCUT2D eigenvalue weighted by molar-refractivity contribution is 7.92. The first-order chi connectivity index (χ1) is 16.7. The molecule has 0 unspecified atom stereocenters. The van der Waals surface area contributed by atoms with E-state index >= 15 is 0 Å². The lowest BCUT2D eigenvalue weighted by Crippen LogP contribution is -2.41. The summed E-state index contributed by atoms with van der Waals surface area (Å²) in [5, 5.41) is 14.0. The van der Waals surface area contributed by atoms with Gasteiger partial charge in [-0.05, 0) is 43.3 Å². The Balaban J connectivity index is 1.94. The predicted octanol–water partition coefficient (Wildman–Crippen LogP) is 3.68. The van der Waals surface area contributed by atoms with E-state index < -0.39 is 33.4 Å². The third kappa shape index (κ3) is 5.87. The molecule has 0 aliphatic heterocycles. The number of benzene rings is 3. The summed E-state index contributed by atoms with van der Waals surface area (Å²) in [6.07, 6.45) is 0. The van der Waals surface area contributed by atoms with Crippen molar-refractivity contribution in [3.05, 3.63) is 88.5 Å². The maximum atomic E-state index is 13.4. The topological polar surface area (TPSA) is 128 Å². The average Bonchev–Trinajstić information content (AvgIpc) is 2.87. The Labute approximate surface area is 203 Å². The number of hydrogen-bond acceptors (Lipinski definition) is 7. The SMILES string of the molecule is COc1ccc(OC)c([C@H](C)NC(=O)CN(c2cccc([N+](=O)[O-])c2)S(=O)(=O)c2ccccc2)c1. The molecule has 0 saturated carbocycles. The number of non-ortho nitro benzene ring substituents is 1. The minimum absolute atomic E-state index is 0.00943. The number of methoxy groups -OCH3 is 2. The zero-order chi connectivity index (χ0) is 25.6. The van der Waals surface area contributed by atoms with E-state index in [0.717, 1.165) is 10.4 Å². The van der Waals surface area contributed by atoms with Gasteiger partial charge in [-0.1, -0.05) is 24.3 Å². The van der Waals surface area contributed by atoms with Crippen LogP contribution in [0.15, 0.2) is 77.7 Å². The number of ether oxygens (including phenoxy) is 2. The molecule has 3 aromatic carbocycles. The zero-order valence-electron chi connectivity index (χ0n) is 19.4.